The molecule has 0 unspecified atom stereocenters. The van der Waals surface area contributed by atoms with Crippen molar-refractivity contribution in [2.45, 2.75) is 25.7 Å². The fraction of sp³-hybridized carbons (Fsp3) is 0.333. The zero-order valence-corrected chi connectivity index (χ0v) is 10.7. The van der Waals surface area contributed by atoms with Crippen LogP contribution >= 0.6 is 0 Å². The van der Waals surface area contributed by atoms with Crippen LogP contribution in [0, 0.1) is 6.92 Å². The molecule has 0 aliphatic heterocycles. The third kappa shape index (κ3) is 2.27. The molecule has 1 aliphatic carbocycles. The number of hydrogen-bond acceptors (Lipinski definition) is 4. The summed E-state index contributed by atoms with van der Waals surface area (Å²) >= 11 is 0. The van der Waals surface area contributed by atoms with Gasteiger partial charge in [0.2, 0.25) is 5.82 Å². The fourth-order valence-corrected chi connectivity index (χ4v) is 1.95. The molecule has 0 aromatic carbocycles. The number of nitrogens with zero attached hydrogens (tertiary/aromatic N) is 2. The van der Waals surface area contributed by atoms with Gasteiger partial charge < -0.3 is 15.4 Å². The van der Waals surface area contributed by atoms with Gasteiger partial charge in [-0.3, -0.25) is 9.89 Å². The van der Waals surface area contributed by atoms with Gasteiger partial charge in [0, 0.05) is 11.6 Å². The molecule has 1 saturated carbocycles. The van der Waals surface area contributed by atoms with Crippen molar-refractivity contribution in [2.75, 3.05) is 5.32 Å². The molecule has 2 aromatic heterocycles. The molecule has 1 fully saturated rings. The number of anilines is 1. The van der Waals surface area contributed by atoms with E-state index in [0.717, 1.165) is 12.8 Å². The van der Waals surface area contributed by atoms with Crippen molar-refractivity contribution in [3.05, 3.63) is 29.1 Å². The summed E-state index contributed by atoms with van der Waals surface area (Å²) in [7, 11) is 0. The van der Waals surface area contributed by atoms with Crippen molar-refractivity contribution in [3.8, 4) is 0 Å². The fourth-order valence-electron chi connectivity index (χ4n) is 1.95. The molecule has 104 valence electrons. The second-order valence-corrected chi connectivity index (χ2v) is 4.82. The van der Waals surface area contributed by atoms with Gasteiger partial charge in [0.25, 0.3) is 5.91 Å². The van der Waals surface area contributed by atoms with Gasteiger partial charge >= 0.3 is 5.97 Å². The molecule has 0 spiro atoms. The van der Waals surface area contributed by atoms with Crippen LogP contribution in [0.2, 0.25) is 0 Å². The Balaban J connectivity index is 1.79. The molecule has 1 amide bonds. The average molecular weight is 275 g/mol. The van der Waals surface area contributed by atoms with Crippen molar-refractivity contribution < 1.29 is 14.7 Å². The highest BCUT2D eigenvalue weighted by atomic mass is 16.4. The summed E-state index contributed by atoms with van der Waals surface area (Å²) in [4.78, 5) is 29.8. The van der Waals surface area contributed by atoms with E-state index in [9.17, 15) is 9.59 Å². The number of carboxylic acids is 1. The van der Waals surface area contributed by atoms with E-state index in [0.29, 0.717) is 17.4 Å². The molecule has 20 heavy (non-hydrogen) atoms. The van der Waals surface area contributed by atoms with Crippen LogP contribution in [0.3, 0.4) is 0 Å². The van der Waals surface area contributed by atoms with E-state index in [1.807, 2.05) is 0 Å². The van der Waals surface area contributed by atoms with Crippen LogP contribution in [0.4, 0.5) is 5.69 Å². The molecular weight excluding hydrogens is 262 g/mol. The lowest BCUT2D eigenvalue weighted by Crippen LogP contribution is -2.15. The van der Waals surface area contributed by atoms with E-state index >= 15 is 0 Å². The van der Waals surface area contributed by atoms with Gasteiger partial charge in [-0.15, -0.1) is 5.10 Å². The molecular formula is C12H13N5O3. The number of aryl methyl sites for hydroxylation is 1. The molecule has 0 bridgehead atoms. The van der Waals surface area contributed by atoms with Crippen molar-refractivity contribution in [1.82, 2.24) is 20.2 Å². The molecule has 0 radical (unpaired) electrons. The average Bonchev–Trinajstić information content (AvgIpc) is 2.99. The topological polar surface area (TPSA) is 124 Å². The molecule has 8 heteroatoms. The van der Waals surface area contributed by atoms with Gasteiger partial charge in [-0.25, -0.2) is 9.78 Å². The van der Waals surface area contributed by atoms with Crippen LogP contribution < -0.4 is 5.32 Å². The standard InChI is InChI=1S/C12H13N5O3/c1-5-4-7(8(13-5)12(19)20)14-11(18)10-15-9(16-17-10)6-2-3-6/h4,6,13H,2-3H2,1H3,(H,14,18)(H,19,20)(H,15,16,17). The third-order valence-corrected chi connectivity index (χ3v) is 3.08. The Morgan fingerprint density at radius 3 is 2.85 bits per heavy atom. The number of carbonyl (C=O) groups is 2. The number of rotatable bonds is 4. The van der Waals surface area contributed by atoms with Gasteiger partial charge in [0.05, 0.1) is 5.69 Å². The summed E-state index contributed by atoms with van der Waals surface area (Å²) in [6, 6.07) is 1.55. The zero-order valence-electron chi connectivity index (χ0n) is 10.7. The monoisotopic (exact) mass is 275 g/mol. The Bertz CT molecular complexity index is 683. The van der Waals surface area contributed by atoms with Crippen molar-refractivity contribution >= 4 is 17.6 Å². The van der Waals surface area contributed by atoms with Crippen LogP contribution in [-0.2, 0) is 0 Å². The van der Waals surface area contributed by atoms with E-state index in [1.165, 1.54) is 0 Å². The number of aromatic nitrogens is 4. The summed E-state index contributed by atoms with van der Waals surface area (Å²) in [5.41, 5.74) is 0.790. The Morgan fingerprint density at radius 1 is 1.45 bits per heavy atom. The summed E-state index contributed by atoms with van der Waals surface area (Å²) in [5, 5.41) is 18.1. The van der Waals surface area contributed by atoms with Crippen LogP contribution in [0.1, 0.15) is 51.4 Å². The molecule has 4 N–H and O–H groups in total. The van der Waals surface area contributed by atoms with Crippen LogP contribution in [0.15, 0.2) is 6.07 Å². The van der Waals surface area contributed by atoms with Crippen LogP contribution in [0.5, 0.6) is 0 Å². The lowest BCUT2D eigenvalue weighted by atomic mass is 10.3. The van der Waals surface area contributed by atoms with Crippen LogP contribution in [-0.4, -0.2) is 37.1 Å². The molecule has 8 nitrogen and oxygen atoms in total. The highest BCUT2D eigenvalue weighted by Gasteiger charge is 2.28. The van der Waals surface area contributed by atoms with E-state index in [1.54, 1.807) is 13.0 Å². The van der Waals surface area contributed by atoms with Crippen molar-refractivity contribution in [3.63, 3.8) is 0 Å². The number of aromatic carboxylic acids is 1. The maximum absolute atomic E-state index is 12.0. The van der Waals surface area contributed by atoms with Gasteiger partial charge in [-0.2, -0.15) is 0 Å². The number of amides is 1. The predicted molar refractivity (Wildman–Crippen MR) is 68.8 cm³/mol. The minimum atomic E-state index is -1.14. The predicted octanol–water partition coefficient (Wildman–Crippen LogP) is 1.27. The SMILES string of the molecule is Cc1cc(NC(=O)c2n[nH]c(C3CC3)n2)c(C(=O)O)[nH]1. The highest BCUT2D eigenvalue weighted by Crippen LogP contribution is 2.37. The number of aromatic amines is 2. The van der Waals surface area contributed by atoms with Gasteiger partial charge in [0.15, 0.2) is 0 Å². The summed E-state index contributed by atoms with van der Waals surface area (Å²) in [5.74, 6) is -0.578. The summed E-state index contributed by atoms with van der Waals surface area (Å²) in [6.07, 6.45) is 2.10. The normalized spacial score (nSPS) is 14.2. The van der Waals surface area contributed by atoms with E-state index in [4.69, 9.17) is 5.11 Å². The second-order valence-electron chi connectivity index (χ2n) is 4.82. The van der Waals surface area contributed by atoms with Crippen molar-refractivity contribution in [1.29, 1.82) is 0 Å². The maximum atomic E-state index is 12.0. The zero-order chi connectivity index (χ0) is 14.3. The largest absolute Gasteiger partial charge is 0.477 e. The Hall–Kier alpha value is -2.64. The molecule has 2 aromatic rings. The van der Waals surface area contributed by atoms with Gasteiger partial charge in [-0.1, -0.05) is 0 Å². The maximum Gasteiger partial charge on any atom is 0.354 e. The lowest BCUT2D eigenvalue weighted by molar-refractivity contribution is 0.0692. The van der Waals surface area contributed by atoms with Gasteiger partial charge in [0.1, 0.15) is 11.5 Å². The minimum absolute atomic E-state index is 0.0158. The van der Waals surface area contributed by atoms with Gasteiger partial charge in [-0.05, 0) is 25.8 Å². The highest BCUT2D eigenvalue weighted by molar-refractivity contribution is 6.05. The Morgan fingerprint density at radius 2 is 2.20 bits per heavy atom. The quantitative estimate of drug-likeness (QED) is 0.669. The molecule has 0 atom stereocenters. The molecule has 2 heterocycles. The molecule has 0 saturated heterocycles. The smallest absolute Gasteiger partial charge is 0.354 e. The number of H-pyrrole nitrogens is 2. The number of nitrogens with one attached hydrogen (secondary N) is 3. The molecule has 1 aliphatic rings. The first-order valence-electron chi connectivity index (χ1n) is 6.21. The number of carbonyl (C=O) groups excluding carboxylic acids is 1. The first kappa shape index (κ1) is 12.4. The minimum Gasteiger partial charge on any atom is -0.477 e. The lowest BCUT2D eigenvalue weighted by Gasteiger charge is -2.00. The summed E-state index contributed by atoms with van der Waals surface area (Å²) in [6.45, 7) is 1.71. The van der Waals surface area contributed by atoms with E-state index in [-0.39, 0.29) is 17.2 Å². The first-order chi connectivity index (χ1) is 9.54. The second kappa shape index (κ2) is 4.48. The molecule has 3 rings (SSSR count). The Kier molecular flexibility index (Phi) is 2.78. The summed E-state index contributed by atoms with van der Waals surface area (Å²) < 4.78 is 0. The first-order valence-corrected chi connectivity index (χ1v) is 6.21. The number of carboxylic acid groups (broad SMARTS) is 1. The van der Waals surface area contributed by atoms with E-state index in [2.05, 4.69) is 25.5 Å². The Labute approximate surface area is 113 Å². The van der Waals surface area contributed by atoms with Crippen molar-refractivity contribution in [2.24, 2.45) is 0 Å². The van der Waals surface area contributed by atoms with Crippen LogP contribution in [0.25, 0.3) is 0 Å². The number of hydrogen-bond donors (Lipinski definition) is 4. The third-order valence-electron chi connectivity index (χ3n) is 3.08. The van der Waals surface area contributed by atoms with E-state index < -0.39 is 11.9 Å².